The minimum Gasteiger partial charge on any atom is -0.478 e. The number of carboxylic acid groups (broad SMARTS) is 1. The van der Waals surface area contributed by atoms with Gasteiger partial charge in [-0.3, -0.25) is 4.79 Å². The first-order chi connectivity index (χ1) is 14.3. The van der Waals surface area contributed by atoms with E-state index in [0.717, 1.165) is 24.1 Å². The number of hydrogen-bond donors (Lipinski definition) is 2. The Morgan fingerprint density at radius 2 is 1.93 bits per heavy atom. The SMILES string of the molecule is O=C(O)c1ccc(-n2ncc(C(=O)NCCSCc3ccco3)c2C(F)(F)F)cc1. The van der Waals surface area contributed by atoms with E-state index in [9.17, 15) is 22.8 Å². The van der Waals surface area contributed by atoms with Crippen molar-refractivity contribution in [3.8, 4) is 5.69 Å². The van der Waals surface area contributed by atoms with Gasteiger partial charge in [-0.25, -0.2) is 9.48 Å². The van der Waals surface area contributed by atoms with Crippen molar-refractivity contribution in [2.45, 2.75) is 11.9 Å². The van der Waals surface area contributed by atoms with E-state index in [1.807, 2.05) is 0 Å². The van der Waals surface area contributed by atoms with Gasteiger partial charge in [0.05, 0.1) is 35.0 Å². The third-order valence-electron chi connectivity index (χ3n) is 4.00. The molecular formula is C19H16F3N3O4S. The zero-order chi connectivity index (χ0) is 21.7. The zero-order valence-electron chi connectivity index (χ0n) is 15.3. The second kappa shape index (κ2) is 9.08. The summed E-state index contributed by atoms with van der Waals surface area (Å²) < 4.78 is 46.7. The predicted octanol–water partition coefficient (Wildman–Crippen LogP) is 3.85. The molecule has 2 heterocycles. The van der Waals surface area contributed by atoms with Crippen LogP contribution in [0.25, 0.3) is 5.69 Å². The van der Waals surface area contributed by atoms with Crippen molar-refractivity contribution in [3.63, 3.8) is 0 Å². The number of amides is 1. The number of nitrogens with zero attached hydrogens (tertiary/aromatic N) is 2. The van der Waals surface area contributed by atoms with Crippen molar-refractivity contribution in [2.24, 2.45) is 0 Å². The highest BCUT2D eigenvalue weighted by atomic mass is 32.2. The summed E-state index contributed by atoms with van der Waals surface area (Å²) in [6, 6.07) is 8.27. The zero-order valence-corrected chi connectivity index (χ0v) is 16.2. The Balaban J connectivity index is 1.71. The molecule has 3 rings (SSSR count). The average Bonchev–Trinajstić information content (AvgIpc) is 3.37. The predicted molar refractivity (Wildman–Crippen MR) is 103 cm³/mol. The number of aromatic carboxylic acids is 1. The summed E-state index contributed by atoms with van der Waals surface area (Å²) in [6.45, 7) is 0.167. The van der Waals surface area contributed by atoms with Gasteiger partial charge in [-0.1, -0.05) is 0 Å². The van der Waals surface area contributed by atoms with Crippen molar-refractivity contribution in [1.29, 1.82) is 0 Å². The van der Waals surface area contributed by atoms with Crippen molar-refractivity contribution in [2.75, 3.05) is 12.3 Å². The Morgan fingerprint density at radius 3 is 2.53 bits per heavy atom. The fraction of sp³-hybridized carbons (Fsp3) is 0.211. The summed E-state index contributed by atoms with van der Waals surface area (Å²) in [5, 5.41) is 15.1. The van der Waals surface area contributed by atoms with Gasteiger partial charge >= 0.3 is 12.1 Å². The van der Waals surface area contributed by atoms with Gasteiger partial charge in [0.15, 0.2) is 5.69 Å². The number of furan rings is 1. The Labute approximate surface area is 172 Å². The molecule has 0 aliphatic heterocycles. The van der Waals surface area contributed by atoms with E-state index in [2.05, 4.69) is 10.4 Å². The lowest BCUT2D eigenvalue weighted by Gasteiger charge is -2.13. The monoisotopic (exact) mass is 439 g/mol. The van der Waals surface area contributed by atoms with Gasteiger partial charge in [0, 0.05) is 12.3 Å². The van der Waals surface area contributed by atoms with E-state index in [1.54, 1.807) is 18.4 Å². The minimum atomic E-state index is -4.84. The number of carboxylic acids is 1. The molecule has 0 unspecified atom stereocenters. The van der Waals surface area contributed by atoms with Crippen LogP contribution in [-0.2, 0) is 11.9 Å². The van der Waals surface area contributed by atoms with Crippen LogP contribution in [0, 0.1) is 0 Å². The second-order valence-corrected chi connectivity index (χ2v) is 7.16. The molecule has 0 saturated heterocycles. The van der Waals surface area contributed by atoms with E-state index in [4.69, 9.17) is 9.52 Å². The fourth-order valence-electron chi connectivity index (χ4n) is 2.63. The summed E-state index contributed by atoms with van der Waals surface area (Å²) in [6.07, 6.45) is -2.45. The topological polar surface area (TPSA) is 97.4 Å². The molecule has 1 aromatic carbocycles. The third-order valence-corrected chi connectivity index (χ3v) is 4.98. The van der Waals surface area contributed by atoms with Crippen LogP contribution in [0.2, 0.25) is 0 Å². The van der Waals surface area contributed by atoms with Crippen LogP contribution < -0.4 is 5.32 Å². The summed E-state index contributed by atoms with van der Waals surface area (Å²) in [4.78, 5) is 23.2. The molecule has 2 N–H and O–H groups in total. The molecule has 0 atom stereocenters. The smallest absolute Gasteiger partial charge is 0.434 e. The molecule has 30 heavy (non-hydrogen) atoms. The quantitative estimate of drug-likeness (QED) is 0.518. The average molecular weight is 439 g/mol. The van der Waals surface area contributed by atoms with Gasteiger partial charge in [-0.05, 0) is 36.4 Å². The minimum absolute atomic E-state index is 0.0135. The summed E-state index contributed by atoms with van der Waals surface area (Å²) in [7, 11) is 0. The van der Waals surface area contributed by atoms with Gasteiger partial charge in [0.25, 0.3) is 5.91 Å². The number of carbonyl (C=O) groups excluding carboxylic acids is 1. The summed E-state index contributed by atoms with van der Waals surface area (Å²) in [5.41, 5.74) is -1.93. The molecule has 158 valence electrons. The highest BCUT2D eigenvalue weighted by molar-refractivity contribution is 7.98. The highest BCUT2D eigenvalue weighted by Gasteiger charge is 2.40. The largest absolute Gasteiger partial charge is 0.478 e. The number of rotatable bonds is 8. The van der Waals surface area contributed by atoms with Crippen LogP contribution in [0.1, 0.15) is 32.2 Å². The number of benzene rings is 1. The lowest BCUT2D eigenvalue weighted by Crippen LogP contribution is -2.28. The standard InChI is InChI=1S/C19H16F3N3O4S/c20-19(21,22)16-15(17(26)23-7-9-30-11-14-2-1-8-29-14)10-24-25(16)13-5-3-12(4-6-13)18(27)28/h1-6,8,10H,7,9,11H2,(H,23,26)(H,27,28). The molecule has 0 aliphatic rings. The van der Waals surface area contributed by atoms with Crippen LogP contribution >= 0.6 is 11.8 Å². The van der Waals surface area contributed by atoms with E-state index >= 15 is 0 Å². The number of alkyl halides is 3. The molecule has 0 aliphatic carbocycles. The maximum Gasteiger partial charge on any atom is 0.434 e. The third kappa shape index (κ3) is 5.03. The molecule has 7 nitrogen and oxygen atoms in total. The molecule has 0 bridgehead atoms. The second-order valence-electron chi connectivity index (χ2n) is 6.06. The maximum absolute atomic E-state index is 13.6. The lowest BCUT2D eigenvalue weighted by molar-refractivity contribution is -0.143. The van der Waals surface area contributed by atoms with E-state index in [0.29, 0.717) is 16.2 Å². The molecule has 2 aromatic heterocycles. The van der Waals surface area contributed by atoms with Crippen molar-refractivity contribution in [3.05, 3.63) is 71.4 Å². The molecule has 0 fully saturated rings. The van der Waals surface area contributed by atoms with Gasteiger partial charge in [0.1, 0.15) is 5.76 Å². The highest BCUT2D eigenvalue weighted by Crippen LogP contribution is 2.33. The number of aromatic nitrogens is 2. The number of halogens is 3. The van der Waals surface area contributed by atoms with E-state index in [-0.39, 0.29) is 17.8 Å². The Kier molecular flexibility index (Phi) is 6.50. The molecule has 0 radical (unpaired) electrons. The van der Waals surface area contributed by atoms with Crippen LogP contribution in [0.5, 0.6) is 0 Å². The number of nitrogens with one attached hydrogen (secondary N) is 1. The number of carbonyl (C=O) groups is 2. The van der Waals surface area contributed by atoms with E-state index in [1.165, 1.54) is 23.9 Å². The molecule has 1 amide bonds. The lowest BCUT2D eigenvalue weighted by atomic mass is 10.2. The fourth-order valence-corrected chi connectivity index (χ4v) is 3.38. The Morgan fingerprint density at radius 1 is 1.20 bits per heavy atom. The summed E-state index contributed by atoms with van der Waals surface area (Å²) >= 11 is 1.46. The van der Waals surface area contributed by atoms with Gasteiger partial charge < -0.3 is 14.8 Å². The molecular weight excluding hydrogens is 423 g/mol. The van der Waals surface area contributed by atoms with Crippen LogP contribution in [0.15, 0.2) is 53.3 Å². The number of hydrogen-bond acceptors (Lipinski definition) is 5. The van der Waals surface area contributed by atoms with E-state index < -0.39 is 29.3 Å². The van der Waals surface area contributed by atoms with Gasteiger partial charge in [-0.15, -0.1) is 0 Å². The first kappa shape index (κ1) is 21.5. The molecule has 0 spiro atoms. The van der Waals surface area contributed by atoms with Crippen LogP contribution in [-0.4, -0.2) is 39.1 Å². The van der Waals surface area contributed by atoms with Crippen molar-refractivity contribution >= 4 is 23.6 Å². The molecule has 3 aromatic rings. The first-order valence-electron chi connectivity index (χ1n) is 8.64. The van der Waals surface area contributed by atoms with Crippen molar-refractivity contribution < 1.29 is 32.3 Å². The normalized spacial score (nSPS) is 11.4. The Hall–Kier alpha value is -3.21. The van der Waals surface area contributed by atoms with Crippen molar-refractivity contribution in [1.82, 2.24) is 15.1 Å². The maximum atomic E-state index is 13.6. The van der Waals surface area contributed by atoms with Gasteiger partial charge in [-0.2, -0.15) is 30.0 Å². The number of thioether (sulfide) groups is 1. The van der Waals surface area contributed by atoms with Crippen LogP contribution in [0.4, 0.5) is 13.2 Å². The van der Waals surface area contributed by atoms with Crippen LogP contribution in [0.3, 0.4) is 0 Å². The van der Waals surface area contributed by atoms with Gasteiger partial charge in [0.2, 0.25) is 0 Å². The molecule has 11 heteroatoms. The molecule has 0 saturated carbocycles. The summed E-state index contributed by atoms with van der Waals surface area (Å²) in [5.74, 6) is -0.266. The first-order valence-corrected chi connectivity index (χ1v) is 9.80. The Bertz CT molecular complexity index is 1010.